The van der Waals surface area contributed by atoms with Crippen LogP contribution < -0.4 is 4.90 Å². The van der Waals surface area contributed by atoms with E-state index in [1.807, 2.05) is 75.4 Å². The Kier molecular flexibility index (Phi) is 7.44. The number of alkyl halides is 1. The Balaban J connectivity index is 1.53. The number of halogens is 1. The standard InChI is InChI=1S/C30H35FN2O2/c1-29(2,3)35-28(34)32-19-17-30(31,18-20-32)26-15-10-16-27(21-26)33(22-24-11-6-4-7-12-24)23-25-13-8-5-9-14-25/h4-16,21H,17-20,22-23H2,1-3H3. The van der Waals surface area contributed by atoms with Crippen LogP contribution in [-0.2, 0) is 23.5 Å². The number of anilines is 1. The van der Waals surface area contributed by atoms with E-state index < -0.39 is 11.3 Å². The molecule has 3 aromatic rings. The Morgan fingerprint density at radius 1 is 0.886 bits per heavy atom. The van der Waals surface area contributed by atoms with Gasteiger partial charge in [0.05, 0.1) is 0 Å². The van der Waals surface area contributed by atoms with Crippen LogP contribution in [0.5, 0.6) is 0 Å². The first-order valence-electron chi connectivity index (χ1n) is 12.3. The summed E-state index contributed by atoms with van der Waals surface area (Å²) in [6.45, 7) is 7.67. The molecule has 1 heterocycles. The summed E-state index contributed by atoms with van der Waals surface area (Å²) < 4.78 is 21.7. The highest BCUT2D eigenvalue weighted by molar-refractivity contribution is 5.68. The van der Waals surface area contributed by atoms with E-state index in [0.717, 1.165) is 18.8 Å². The van der Waals surface area contributed by atoms with Crippen molar-refractivity contribution in [3.63, 3.8) is 0 Å². The van der Waals surface area contributed by atoms with Crippen LogP contribution in [0.1, 0.15) is 50.3 Å². The zero-order valence-electron chi connectivity index (χ0n) is 20.9. The molecule has 0 spiro atoms. The number of amides is 1. The zero-order chi connectivity index (χ0) is 24.9. The summed E-state index contributed by atoms with van der Waals surface area (Å²) in [4.78, 5) is 16.3. The molecule has 0 N–H and O–H groups in total. The number of carbonyl (C=O) groups excluding carboxylic acids is 1. The van der Waals surface area contributed by atoms with Crippen molar-refractivity contribution < 1.29 is 13.9 Å². The smallest absolute Gasteiger partial charge is 0.410 e. The molecule has 1 saturated heterocycles. The van der Waals surface area contributed by atoms with Gasteiger partial charge in [0.25, 0.3) is 0 Å². The van der Waals surface area contributed by atoms with Crippen LogP contribution in [0.25, 0.3) is 0 Å². The molecule has 0 unspecified atom stereocenters. The first kappa shape index (κ1) is 24.8. The Hall–Kier alpha value is -3.34. The van der Waals surface area contributed by atoms with Gasteiger partial charge in [-0.3, -0.25) is 0 Å². The van der Waals surface area contributed by atoms with Crippen LogP contribution in [0.4, 0.5) is 14.9 Å². The molecule has 0 saturated carbocycles. The average Bonchev–Trinajstić information content (AvgIpc) is 2.84. The van der Waals surface area contributed by atoms with Gasteiger partial charge in [-0.1, -0.05) is 72.8 Å². The highest BCUT2D eigenvalue weighted by atomic mass is 19.1. The second kappa shape index (κ2) is 10.5. The number of carbonyl (C=O) groups is 1. The molecule has 0 aliphatic carbocycles. The SMILES string of the molecule is CC(C)(C)OC(=O)N1CCC(F)(c2cccc(N(Cc3ccccc3)Cc3ccccc3)c2)CC1. The van der Waals surface area contributed by atoms with Crippen LogP contribution in [0.3, 0.4) is 0 Å². The van der Waals surface area contributed by atoms with Crippen molar-refractivity contribution in [2.24, 2.45) is 0 Å². The molecule has 184 valence electrons. The van der Waals surface area contributed by atoms with Crippen LogP contribution >= 0.6 is 0 Å². The summed E-state index contributed by atoms with van der Waals surface area (Å²) in [7, 11) is 0. The lowest BCUT2D eigenvalue weighted by Crippen LogP contribution is -2.45. The molecule has 3 aromatic carbocycles. The summed E-state index contributed by atoms with van der Waals surface area (Å²) >= 11 is 0. The van der Waals surface area contributed by atoms with E-state index in [2.05, 4.69) is 35.2 Å². The van der Waals surface area contributed by atoms with Crippen molar-refractivity contribution in [2.45, 2.75) is 58.0 Å². The van der Waals surface area contributed by atoms with Gasteiger partial charge in [0.1, 0.15) is 11.3 Å². The van der Waals surface area contributed by atoms with Gasteiger partial charge in [0.15, 0.2) is 0 Å². The van der Waals surface area contributed by atoms with Gasteiger partial charge in [0.2, 0.25) is 0 Å². The summed E-state index contributed by atoms with van der Waals surface area (Å²) in [5.74, 6) is 0. The molecule has 35 heavy (non-hydrogen) atoms. The van der Waals surface area contributed by atoms with Crippen molar-refractivity contribution in [2.75, 3.05) is 18.0 Å². The highest BCUT2D eigenvalue weighted by Gasteiger charge is 2.39. The van der Waals surface area contributed by atoms with Gasteiger partial charge in [-0.2, -0.15) is 0 Å². The number of likely N-dealkylation sites (tertiary alicyclic amines) is 1. The molecule has 0 atom stereocenters. The maximum Gasteiger partial charge on any atom is 0.410 e. The van der Waals surface area contributed by atoms with Gasteiger partial charge >= 0.3 is 6.09 Å². The van der Waals surface area contributed by atoms with E-state index >= 15 is 4.39 Å². The number of benzene rings is 3. The van der Waals surface area contributed by atoms with Crippen LogP contribution in [0, 0.1) is 0 Å². The minimum absolute atomic E-state index is 0.257. The van der Waals surface area contributed by atoms with E-state index in [4.69, 9.17) is 4.74 Å². The van der Waals surface area contributed by atoms with Crippen molar-refractivity contribution in [3.05, 3.63) is 102 Å². The third kappa shape index (κ3) is 6.62. The molecule has 5 heteroatoms. The summed E-state index contributed by atoms with van der Waals surface area (Å²) in [6, 6.07) is 28.5. The Bertz CT molecular complexity index is 1060. The third-order valence-electron chi connectivity index (χ3n) is 6.37. The number of piperidine rings is 1. The quantitative estimate of drug-likeness (QED) is 0.382. The number of rotatable bonds is 6. The van der Waals surface area contributed by atoms with Crippen molar-refractivity contribution in [3.8, 4) is 0 Å². The van der Waals surface area contributed by atoms with Gasteiger partial charge < -0.3 is 14.5 Å². The first-order chi connectivity index (χ1) is 16.7. The second-order valence-corrected chi connectivity index (χ2v) is 10.3. The first-order valence-corrected chi connectivity index (χ1v) is 12.3. The minimum atomic E-state index is -1.47. The monoisotopic (exact) mass is 474 g/mol. The summed E-state index contributed by atoms with van der Waals surface area (Å²) in [6.07, 6.45) is 0.144. The lowest BCUT2D eigenvalue weighted by molar-refractivity contribution is 0.00221. The molecule has 0 aromatic heterocycles. The largest absolute Gasteiger partial charge is 0.444 e. The lowest BCUT2D eigenvalue weighted by Gasteiger charge is -2.37. The Labute approximate surface area is 208 Å². The fraction of sp³-hybridized carbons (Fsp3) is 0.367. The molecule has 4 rings (SSSR count). The topological polar surface area (TPSA) is 32.8 Å². The molecular formula is C30H35FN2O2. The number of nitrogens with zero attached hydrogens (tertiary/aromatic N) is 2. The van der Waals surface area contributed by atoms with E-state index in [0.29, 0.717) is 18.7 Å². The van der Waals surface area contributed by atoms with Gasteiger partial charge in [-0.15, -0.1) is 0 Å². The predicted molar refractivity (Wildman–Crippen MR) is 139 cm³/mol. The summed E-state index contributed by atoms with van der Waals surface area (Å²) in [5, 5.41) is 0. The molecule has 1 amide bonds. The van der Waals surface area contributed by atoms with E-state index in [9.17, 15) is 4.79 Å². The average molecular weight is 475 g/mol. The second-order valence-electron chi connectivity index (χ2n) is 10.3. The molecule has 1 aliphatic rings. The van der Waals surface area contributed by atoms with E-state index in [1.54, 1.807) is 4.90 Å². The van der Waals surface area contributed by atoms with Gasteiger partial charge in [0, 0.05) is 44.7 Å². The van der Waals surface area contributed by atoms with Crippen LogP contribution in [-0.4, -0.2) is 29.7 Å². The molecule has 1 fully saturated rings. The number of hydrogen-bond acceptors (Lipinski definition) is 3. The molecule has 4 nitrogen and oxygen atoms in total. The fourth-order valence-corrected chi connectivity index (χ4v) is 4.49. The number of hydrogen-bond donors (Lipinski definition) is 0. The van der Waals surface area contributed by atoms with Crippen molar-refractivity contribution >= 4 is 11.8 Å². The zero-order valence-corrected chi connectivity index (χ0v) is 20.9. The van der Waals surface area contributed by atoms with E-state index in [-0.39, 0.29) is 18.9 Å². The minimum Gasteiger partial charge on any atom is -0.444 e. The third-order valence-corrected chi connectivity index (χ3v) is 6.37. The summed E-state index contributed by atoms with van der Waals surface area (Å²) in [5.41, 5.74) is 2.03. The molecule has 0 radical (unpaired) electrons. The van der Waals surface area contributed by atoms with Crippen molar-refractivity contribution in [1.29, 1.82) is 0 Å². The lowest BCUT2D eigenvalue weighted by atomic mass is 9.86. The van der Waals surface area contributed by atoms with Gasteiger partial charge in [-0.05, 0) is 49.6 Å². The van der Waals surface area contributed by atoms with Gasteiger partial charge in [-0.25, -0.2) is 9.18 Å². The molecular weight excluding hydrogens is 439 g/mol. The molecule has 0 bridgehead atoms. The molecule has 1 aliphatic heterocycles. The predicted octanol–water partition coefficient (Wildman–Crippen LogP) is 7.09. The Morgan fingerprint density at radius 2 is 1.43 bits per heavy atom. The number of ether oxygens (including phenoxy) is 1. The fourth-order valence-electron chi connectivity index (χ4n) is 4.49. The Morgan fingerprint density at radius 3 is 1.94 bits per heavy atom. The maximum atomic E-state index is 16.2. The van der Waals surface area contributed by atoms with Crippen molar-refractivity contribution in [1.82, 2.24) is 4.90 Å². The van der Waals surface area contributed by atoms with Crippen LogP contribution in [0.2, 0.25) is 0 Å². The highest BCUT2D eigenvalue weighted by Crippen LogP contribution is 2.39. The normalized spacial score (nSPS) is 15.5. The van der Waals surface area contributed by atoms with E-state index in [1.165, 1.54) is 11.1 Å². The van der Waals surface area contributed by atoms with Crippen LogP contribution in [0.15, 0.2) is 84.9 Å². The maximum absolute atomic E-state index is 16.2.